The Bertz CT molecular complexity index is 827. The van der Waals surface area contributed by atoms with E-state index in [1.165, 1.54) is 0 Å². The molecule has 2 atom stereocenters. The second-order valence-corrected chi connectivity index (χ2v) is 9.56. The van der Waals surface area contributed by atoms with E-state index in [2.05, 4.69) is 4.90 Å². The van der Waals surface area contributed by atoms with Gasteiger partial charge in [-0.25, -0.2) is 8.42 Å². The standard InChI is InChI=1S/C20H24ClNO4S/c21-17-6-8-20(9-7-17)26-14-19(23)13-22(12-16-4-2-1-3-5-16)18-10-11-27(24,25)15-18/h1-9,18-19,23H,10-15H2. The van der Waals surface area contributed by atoms with E-state index < -0.39 is 15.9 Å². The van der Waals surface area contributed by atoms with Crippen molar-refractivity contribution in [3.05, 3.63) is 65.2 Å². The fourth-order valence-corrected chi connectivity index (χ4v) is 5.16. The third kappa shape index (κ3) is 6.21. The molecule has 0 aromatic heterocycles. The van der Waals surface area contributed by atoms with Crippen molar-refractivity contribution in [1.82, 2.24) is 4.90 Å². The number of nitrogens with zero attached hydrogens (tertiary/aromatic N) is 1. The maximum Gasteiger partial charge on any atom is 0.151 e. The summed E-state index contributed by atoms with van der Waals surface area (Å²) >= 11 is 5.86. The summed E-state index contributed by atoms with van der Waals surface area (Å²) in [6, 6.07) is 16.8. The molecule has 7 heteroatoms. The van der Waals surface area contributed by atoms with Crippen LogP contribution >= 0.6 is 11.6 Å². The quantitative estimate of drug-likeness (QED) is 0.726. The number of rotatable bonds is 8. The minimum absolute atomic E-state index is 0.0830. The Hall–Kier alpha value is -1.60. The Kier molecular flexibility index (Phi) is 6.76. The molecular formula is C20H24ClNO4S. The lowest BCUT2D eigenvalue weighted by Crippen LogP contribution is -2.42. The van der Waals surface area contributed by atoms with Gasteiger partial charge in [0.15, 0.2) is 9.84 Å². The van der Waals surface area contributed by atoms with Crippen molar-refractivity contribution in [2.24, 2.45) is 0 Å². The fourth-order valence-electron chi connectivity index (χ4n) is 3.27. The van der Waals surface area contributed by atoms with E-state index in [0.29, 0.717) is 30.3 Å². The third-order valence-electron chi connectivity index (χ3n) is 4.65. The predicted octanol–water partition coefficient (Wildman–Crippen LogP) is 2.77. The molecule has 0 amide bonds. The van der Waals surface area contributed by atoms with Crippen LogP contribution in [0.15, 0.2) is 54.6 Å². The van der Waals surface area contributed by atoms with Gasteiger partial charge in [0.05, 0.1) is 11.5 Å². The molecule has 0 radical (unpaired) electrons. The molecule has 1 fully saturated rings. The normalized spacial score (nSPS) is 19.9. The van der Waals surface area contributed by atoms with Crippen LogP contribution < -0.4 is 4.74 Å². The topological polar surface area (TPSA) is 66.8 Å². The second-order valence-electron chi connectivity index (χ2n) is 6.89. The summed E-state index contributed by atoms with van der Waals surface area (Å²) in [5, 5.41) is 11.1. The van der Waals surface area contributed by atoms with Crippen molar-refractivity contribution in [2.45, 2.75) is 25.1 Å². The average Bonchev–Trinajstić information content (AvgIpc) is 3.01. The minimum Gasteiger partial charge on any atom is -0.491 e. The van der Waals surface area contributed by atoms with Crippen molar-refractivity contribution in [1.29, 1.82) is 0 Å². The highest BCUT2D eigenvalue weighted by Crippen LogP contribution is 2.21. The van der Waals surface area contributed by atoms with Crippen molar-refractivity contribution < 1.29 is 18.3 Å². The van der Waals surface area contributed by atoms with E-state index in [1.807, 2.05) is 30.3 Å². The molecule has 0 aliphatic carbocycles. The van der Waals surface area contributed by atoms with Crippen LogP contribution in [0.2, 0.25) is 5.02 Å². The highest BCUT2D eigenvalue weighted by molar-refractivity contribution is 7.91. The van der Waals surface area contributed by atoms with Crippen LogP contribution in [0.3, 0.4) is 0 Å². The van der Waals surface area contributed by atoms with Gasteiger partial charge in [-0.05, 0) is 36.2 Å². The Morgan fingerprint density at radius 1 is 1.15 bits per heavy atom. The zero-order chi connectivity index (χ0) is 19.3. The Balaban J connectivity index is 1.62. The zero-order valence-corrected chi connectivity index (χ0v) is 16.6. The van der Waals surface area contributed by atoms with Gasteiger partial charge in [-0.1, -0.05) is 41.9 Å². The van der Waals surface area contributed by atoms with Gasteiger partial charge in [0.25, 0.3) is 0 Å². The molecule has 2 unspecified atom stereocenters. The molecule has 3 rings (SSSR count). The second kappa shape index (κ2) is 9.06. The lowest BCUT2D eigenvalue weighted by atomic mass is 10.1. The monoisotopic (exact) mass is 409 g/mol. The van der Waals surface area contributed by atoms with E-state index in [4.69, 9.17) is 16.3 Å². The van der Waals surface area contributed by atoms with Crippen molar-refractivity contribution in [2.75, 3.05) is 24.7 Å². The first kappa shape index (κ1) is 20.1. The van der Waals surface area contributed by atoms with E-state index in [9.17, 15) is 13.5 Å². The highest BCUT2D eigenvalue weighted by Gasteiger charge is 2.33. The molecular weight excluding hydrogens is 386 g/mol. The van der Waals surface area contributed by atoms with Crippen LogP contribution in [0, 0.1) is 0 Å². The predicted molar refractivity (Wildman–Crippen MR) is 107 cm³/mol. The van der Waals surface area contributed by atoms with Gasteiger partial charge >= 0.3 is 0 Å². The van der Waals surface area contributed by atoms with Gasteiger partial charge in [0.2, 0.25) is 0 Å². The molecule has 0 saturated carbocycles. The first-order chi connectivity index (χ1) is 12.9. The highest BCUT2D eigenvalue weighted by atomic mass is 35.5. The third-order valence-corrected chi connectivity index (χ3v) is 6.66. The number of benzene rings is 2. The minimum atomic E-state index is -2.99. The van der Waals surface area contributed by atoms with E-state index >= 15 is 0 Å². The summed E-state index contributed by atoms with van der Waals surface area (Å²) in [4.78, 5) is 2.05. The van der Waals surface area contributed by atoms with Crippen LogP contribution in [0.5, 0.6) is 5.75 Å². The smallest absolute Gasteiger partial charge is 0.151 e. The molecule has 1 heterocycles. The van der Waals surface area contributed by atoms with Crippen LogP contribution in [0.25, 0.3) is 0 Å². The first-order valence-corrected chi connectivity index (χ1v) is 11.2. The van der Waals surface area contributed by atoms with Crippen LogP contribution in [-0.4, -0.2) is 55.2 Å². The maximum absolute atomic E-state index is 11.9. The number of sulfone groups is 1. The van der Waals surface area contributed by atoms with Crippen LogP contribution in [0.4, 0.5) is 0 Å². The first-order valence-electron chi connectivity index (χ1n) is 8.96. The average molecular weight is 410 g/mol. The molecule has 2 aromatic carbocycles. The number of hydrogen-bond acceptors (Lipinski definition) is 5. The summed E-state index contributed by atoms with van der Waals surface area (Å²) < 4.78 is 29.4. The molecule has 1 aliphatic rings. The summed E-state index contributed by atoms with van der Waals surface area (Å²) in [7, 11) is -2.99. The molecule has 5 nitrogen and oxygen atoms in total. The number of aliphatic hydroxyl groups is 1. The molecule has 27 heavy (non-hydrogen) atoms. The summed E-state index contributed by atoms with van der Waals surface area (Å²) in [5.41, 5.74) is 1.09. The largest absolute Gasteiger partial charge is 0.491 e. The lowest BCUT2D eigenvalue weighted by Gasteiger charge is -2.30. The SMILES string of the molecule is O=S1(=O)CCC(N(Cc2ccccc2)CC(O)COc2ccc(Cl)cc2)C1. The molecule has 1 aliphatic heterocycles. The number of aliphatic hydroxyl groups excluding tert-OH is 1. The summed E-state index contributed by atoms with van der Waals surface area (Å²) in [6.45, 7) is 1.08. The molecule has 1 saturated heterocycles. The van der Waals surface area contributed by atoms with Crippen LogP contribution in [-0.2, 0) is 16.4 Å². The maximum atomic E-state index is 11.9. The molecule has 2 aromatic rings. The van der Waals surface area contributed by atoms with Gasteiger partial charge in [-0.2, -0.15) is 0 Å². The van der Waals surface area contributed by atoms with Crippen molar-refractivity contribution in [3.63, 3.8) is 0 Å². The molecule has 1 N–H and O–H groups in total. The Morgan fingerprint density at radius 3 is 2.48 bits per heavy atom. The van der Waals surface area contributed by atoms with Gasteiger partial charge < -0.3 is 9.84 Å². The van der Waals surface area contributed by atoms with Crippen LogP contribution in [0.1, 0.15) is 12.0 Å². The van der Waals surface area contributed by atoms with E-state index in [0.717, 1.165) is 5.56 Å². The number of ether oxygens (including phenoxy) is 1. The molecule has 0 spiro atoms. The van der Waals surface area contributed by atoms with Crippen molar-refractivity contribution >= 4 is 21.4 Å². The molecule has 146 valence electrons. The van der Waals surface area contributed by atoms with Gasteiger partial charge in [-0.3, -0.25) is 4.90 Å². The fraction of sp³-hybridized carbons (Fsp3) is 0.400. The Labute approximate surface area is 165 Å². The summed E-state index contributed by atoms with van der Waals surface area (Å²) in [6.07, 6.45) is -0.132. The van der Waals surface area contributed by atoms with Gasteiger partial charge in [0, 0.05) is 24.2 Å². The number of hydrogen-bond donors (Lipinski definition) is 1. The summed E-state index contributed by atoms with van der Waals surface area (Å²) in [5.74, 6) is 0.988. The van der Waals surface area contributed by atoms with Crippen molar-refractivity contribution in [3.8, 4) is 5.75 Å². The van der Waals surface area contributed by atoms with Gasteiger partial charge in [-0.15, -0.1) is 0 Å². The van der Waals surface area contributed by atoms with E-state index in [-0.39, 0.29) is 24.2 Å². The lowest BCUT2D eigenvalue weighted by molar-refractivity contribution is 0.0525. The Morgan fingerprint density at radius 2 is 1.85 bits per heavy atom. The number of halogens is 1. The zero-order valence-electron chi connectivity index (χ0n) is 15.0. The van der Waals surface area contributed by atoms with E-state index in [1.54, 1.807) is 24.3 Å². The van der Waals surface area contributed by atoms with Gasteiger partial charge in [0.1, 0.15) is 18.5 Å². The molecule has 0 bridgehead atoms.